The van der Waals surface area contributed by atoms with Gasteiger partial charge < -0.3 is 15.2 Å². The molecule has 3 heterocycles. The molecule has 0 aliphatic heterocycles. The van der Waals surface area contributed by atoms with Gasteiger partial charge in [-0.25, -0.2) is 4.68 Å². The van der Waals surface area contributed by atoms with Gasteiger partial charge in [0, 0.05) is 30.4 Å². The first-order valence-corrected chi connectivity index (χ1v) is 9.52. The molecule has 1 amide bonds. The third-order valence-electron chi connectivity index (χ3n) is 4.39. The van der Waals surface area contributed by atoms with Crippen LogP contribution in [0.15, 0.2) is 59.1 Å². The number of nitrogens with zero attached hydrogens (tertiary/aromatic N) is 5. The van der Waals surface area contributed by atoms with E-state index in [4.69, 9.17) is 4.52 Å². The number of amides is 1. The predicted octanol–water partition coefficient (Wildman–Crippen LogP) is 2.78. The van der Waals surface area contributed by atoms with E-state index in [2.05, 4.69) is 31.1 Å². The van der Waals surface area contributed by atoms with Crippen molar-refractivity contribution in [1.82, 2.24) is 30.5 Å². The van der Waals surface area contributed by atoms with Gasteiger partial charge in [-0.05, 0) is 32.0 Å². The van der Waals surface area contributed by atoms with Gasteiger partial charge in [0.2, 0.25) is 0 Å². The maximum absolute atomic E-state index is 12.2. The zero-order valence-corrected chi connectivity index (χ0v) is 16.7. The van der Waals surface area contributed by atoms with Gasteiger partial charge in [-0.3, -0.25) is 4.79 Å². The lowest BCUT2D eigenvalue weighted by Gasteiger charge is -2.07. The first-order chi connectivity index (χ1) is 14.6. The molecule has 0 spiro atoms. The van der Waals surface area contributed by atoms with Crippen molar-refractivity contribution in [3.8, 4) is 17.1 Å². The molecule has 1 aromatic carbocycles. The van der Waals surface area contributed by atoms with E-state index in [1.807, 2.05) is 62.4 Å². The number of carbonyl (C=O) groups excluding carboxylic acids is 1. The number of anilines is 1. The summed E-state index contributed by atoms with van der Waals surface area (Å²) in [5, 5.41) is 22.5. The highest BCUT2D eigenvalue weighted by Crippen LogP contribution is 2.19. The normalized spacial score (nSPS) is 10.7. The van der Waals surface area contributed by atoms with Crippen LogP contribution in [0.1, 0.15) is 21.9 Å². The molecule has 0 atom stereocenters. The Morgan fingerprint density at radius 3 is 2.57 bits per heavy atom. The van der Waals surface area contributed by atoms with Gasteiger partial charge in [0.05, 0.1) is 5.69 Å². The van der Waals surface area contributed by atoms with Crippen molar-refractivity contribution in [1.29, 1.82) is 0 Å². The second-order valence-electron chi connectivity index (χ2n) is 6.74. The molecule has 0 aliphatic carbocycles. The topological polar surface area (TPSA) is 111 Å². The molecule has 0 unspecified atom stereocenters. The lowest BCUT2D eigenvalue weighted by Crippen LogP contribution is -2.29. The summed E-state index contributed by atoms with van der Waals surface area (Å²) in [5.74, 6) is 1.52. The molecule has 2 N–H and O–H groups in total. The van der Waals surface area contributed by atoms with Crippen molar-refractivity contribution in [2.75, 3.05) is 18.4 Å². The molecule has 0 saturated heterocycles. The molecule has 3 aromatic heterocycles. The Morgan fingerprint density at radius 1 is 1.03 bits per heavy atom. The smallest absolute Gasteiger partial charge is 0.273 e. The van der Waals surface area contributed by atoms with Crippen LogP contribution in [-0.2, 0) is 0 Å². The molecule has 30 heavy (non-hydrogen) atoms. The minimum Gasteiger partial charge on any atom is -0.367 e. The minimum atomic E-state index is -0.298. The Balaban J connectivity index is 1.26. The molecular formula is C21H21N7O2. The molecule has 4 aromatic rings. The van der Waals surface area contributed by atoms with E-state index in [9.17, 15) is 4.79 Å². The first-order valence-electron chi connectivity index (χ1n) is 9.52. The molecule has 152 valence electrons. The fourth-order valence-corrected chi connectivity index (χ4v) is 2.97. The molecule has 0 aliphatic rings. The quantitative estimate of drug-likeness (QED) is 0.457. The average Bonchev–Trinajstić information content (AvgIpc) is 3.39. The number of rotatable bonds is 7. The van der Waals surface area contributed by atoms with Crippen LogP contribution < -0.4 is 10.6 Å². The summed E-state index contributed by atoms with van der Waals surface area (Å²) in [7, 11) is 0. The van der Waals surface area contributed by atoms with Crippen LogP contribution in [0.5, 0.6) is 0 Å². The van der Waals surface area contributed by atoms with Gasteiger partial charge in [0.25, 0.3) is 5.91 Å². The first kappa shape index (κ1) is 19.3. The SMILES string of the molecule is Cc1cc(C)n(-c2ccc(NCCNC(=O)c3cc(-c4ccccc4)on3)nn2)n1. The maximum Gasteiger partial charge on any atom is 0.273 e. The number of aromatic nitrogens is 5. The molecule has 0 fully saturated rings. The lowest BCUT2D eigenvalue weighted by atomic mass is 10.1. The molecule has 9 heteroatoms. The Bertz CT molecular complexity index is 1130. The van der Waals surface area contributed by atoms with E-state index in [1.165, 1.54) is 0 Å². The van der Waals surface area contributed by atoms with Crippen LogP contribution in [0.2, 0.25) is 0 Å². The van der Waals surface area contributed by atoms with E-state index < -0.39 is 0 Å². The summed E-state index contributed by atoms with van der Waals surface area (Å²) in [6.45, 7) is 4.78. The summed E-state index contributed by atoms with van der Waals surface area (Å²) in [6, 6.07) is 16.8. The monoisotopic (exact) mass is 403 g/mol. The number of benzene rings is 1. The van der Waals surface area contributed by atoms with E-state index in [1.54, 1.807) is 10.7 Å². The summed E-state index contributed by atoms with van der Waals surface area (Å²) < 4.78 is 7.00. The van der Waals surface area contributed by atoms with Crippen molar-refractivity contribution in [2.45, 2.75) is 13.8 Å². The second kappa shape index (κ2) is 8.56. The highest BCUT2D eigenvalue weighted by atomic mass is 16.5. The number of nitrogens with one attached hydrogen (secondary N) is 2. The van der Waals surface area contributed by atoms with Crippen LogP contribution in [0, 0.1) is 13.8 Å². The van der Waals surface area contributed by atoms with E-state index >= 15 is 0 Å². The van der Waals surface area contributed by atoms with Crippen molar-refractivity contribution < 1.29 is 9.32 Å². The van der Waals surface area contributed by atoms with E-state index in [-0.39, 0.29) is 11.6 Å². The summed E-state index contributed by atoms with van der Waals surface area (Å²) in [6.07, 6.45) is 0. The van der Waals surface area contributed by atoms with Gasteiger partial charge >= 0.3 is 0 Å². The molecular weight excluding hydrogens is 382 g/mol. The van der Waals surface area contributed by atoms with Gasteiger partial charge in [0.15, 0.2) is 17.3 Å². The Kier molecular flexibility index (Phi) is 5.51. The summed E-state index contributed by atoms with van der Waals surface area (Å²) in [5.41, 5.74) is 3.03. The third-order valence-corrected chi connectivity index (χ3v) is 4.39. The fourth-order valence-electron chi connectivity index (χ4n) is 2.97. The maximum atomic E-state index is 12.2. The number of hydrogen-bond acceptors (Lipinski definition) is 7. The van der Waals surface area contributed by atoms with Crippen LogP contribution in [0.4, 0.5) is 5.82 Å². The fraction of sp³-hybridized carbons (Fsp3) is 0.190. The number of aryl methyl sites for hydroxylation is 2. The molecule has 4 rings (SSSR count). The van der Waals surface area contributed by atoms with Gasteiger partial charge in [-0.1, -0.05) is 35.5 Å². The highest BCUT2D eigenvalue weighted by Gasteiger charge is 2.13. The Hall–Kier alpha value is -4.01. The molecule has 0 radical (unpaired) electrons. The summed E-state index contributed by atoms with van der Waals surface area (Å²) in [4.78, 5) is 12.2. The van der Waals surface area contributed by atoms with Crippen LogP contribution >= 0.6 is 0 Å². The molecule has 0 bridgehead atoms. The van der Waals surface area contributed by atoms with Crippen molar-refractivity contribution in [3.63, 3.8) is 0 Å². The largest absolute Gasteiger partial charge is 0.367 e. The standard InChI is InChI=1S/C21H21N7O2/c1-14-12-15(2)28(26-14)20-9-8-19(24-25-20)22-10-11-23-21(29)17-13-18(30-27-17)16-6-4-3-5-7-16/h3-9,12-13H,10-11H2,1-2H3,(H,22,24)(H,23,29). The highest BCUT2D eigenvalue weighted by molar-refractivity contribution is 5.93. The average molecular weight is 403 g/mol. The third kappa shape index (κ3) is 4.35. The van der Waals surface area contributed by atoms with Crippen LogP contribution in [0.3, 0.4) is 0 Å². The van der Waals surface area contributed by atoms with Crippen molar-refractivity contribution in [3.05, 3.63) is 71.7 Å². The second-order valence-corrected chi connectivity index (χ2v) is 6.74. The summed E-state index contributed by atoms with van der Waals surface area (Å²) >= 11 is 0. The Labute approximate surface area is 173 Å². The number of hydrogen-bond donors (Lipinski definition) is 2. The van der Waals surface area contributed by atoms with E-state index in [0.29, 0.717) is 30.5 Å². The number of carbonyl (C=O) groups is 1. The van der Waals surface area contributed by atoms with Crippen LogP contribution in [0.25, 0.3) is 17.1 Å². The van der Waals surface area contributed by atoms with Crippen molar-refractivity contribution in [2.24, 2.45) is 0 Å². The lowest BCUT2D eigenvalue weighted by molar-refractivity contribution is 0.0946. The zero-order valence-electron chi connectivity index (χ0n) is 16.7. The van der Waals surface area contributed by atoms with Crippen LogP contribution in [-0.4, -0.2) is 44.1 Å². The molecule has 0 saturated carbocycles. The predicted molar refractivity (Wildman–Crippen MR) is 111 cm³/mol. The molecule has 9 nitrogen and oxygen atoms in total. The zero-order chi connectivity index (χ0) is 20.9. The van der Waals surface area contributed by atoms with Crippen molar-refractivity contribution >= 4 is 11.7 Å². The van der Waals surface area contributed by atoms with Gasteiger partial charge in [-0.15, -0.1) is 10.2 Å². The van der Waals surface area contributed by atoms with Gasteiger partial charge in [0.1, 0.15) is 5.82 Å². The van der Waals surface area contributed by atoms with E-state index in [0.717, 1.165) is 17.0 Å². The van der Waals surface area contributed by atoms with Gasteiger partial charge in [-0.2, -0.15) is 5.10 Å². The Morgan fingerprint density at radius 2 is 1.87 bits per heavy atom. The minimum absolute atomic E-state index is 0.239.